The van der Waals surface area contributed by atoms with Gasteiger partial charge in [0.05, 0.1) is 23.7 Å². The molecule has 0 aromatic carbocycles. The number of Topliss-reactive ketones (excluding diaryl/α,β-unsaturated/α-hetero) is 1. The van der Waals surface area contributed by atoms with Gasteiger partial charge in [0.2, 0.25) is 0 Å². The highest BCUT2D eigenvalue weighted by Gasteiger charge is 2.68. The molecule has 298 valence electrons. The van der Waals surface area contributed by atoms with Gasteiger partial charge in [0.1, 0.15) is 11.4 Å². The number of aliphatic carboxylic acids is 1. The minimum atomic E-state index is -1.09. The molecule has 0 aromatic heterocycles. The number of ether oxygens (including phenoxy) is 3. The predicted octanol–water partition coefficient (Wildman–Crippen LogP) is 9.54. The summed E-state index contributed by atoms with van der Waals surface area (Å²) in [6.07, 6.45) is 8.50. The first-order valence-electron chi connectivity index (χ1n) is 18.7. The van der Waals surface area contributed by atoms with E-state index in [4.69, 9.17) is 19.3 Å². The lowest BCUT2D eigenvalue weighted by molar-refractivity contribution is -0.215. The van der Waals surface area contributed by atoms with E-state index < -0.39 is 28.3 Å². The van der Waals surface area contributed by atoms with Gasteiger partial charge < -0.3 is 19.3 Å². The van der Waals surface area contributed by atoms with Crippen LogP contribution in [0.3, 0.4) is 0 Å². The van der Waals surface area contributed by atoms with E-state index in [-0.39, 0.29) is 65.3 Å². The fourth-order valence-corrected chi connectivity index (χ4v) is 6.38. The van der Waals surface area contributed by atoms with Crippen LogP contribution in [0, 0.1) is 40.4 Å². The number of carboxylic acid groups (broad SMARTS) is 1. The van der Waals surface area contributed by atoms with Crippen molar-refractivity contribution in [3.8, 4) is 0 Å². The Morgan fingerprint density at radius 3 is 1.58 bits per heavy atom. The molecule has 0 aromatic rings. The monoisotopic (exact) mass is 733 g/mol. The Kier molecular flexibility index (Phi) is 21.5. The van der Waals surface area contributed by atoms with Crippen molar-refractivity contribution in [2.24, 2.45) is 40.4 Å². The van der Waals surface area contributed by atoms with Gasteiger partial charge in [-0.05, 0) is 93.2 Å². The lowest BCUT2D eigenvalue weighted by atomic mass is 9.46. The number of carbonyl (C=O) groups is 5. The average molecular weight is 733 g/mol. The van der Waals surface area contributed by atoms with Gasteiger partial charge in [-0.15, -0.1) is 0 Å². The number of carboxylic acids is 1. The van der Waals surface area contributed by atoms with Crippen LogP contribution in [0.4, 0.5) is 0 Å². The second-order valence-corrected chi connectivity index (χ2v) is 16.2. The van der Waals surface area contributed by atoms with Crippen molar-refractivity contribution in [2.45, 2.75) is 155 Å². The first-order chi connectivity index (χ1) is 23.6. The molecule has 9 heteroatoms. The molecule has 1 rings (SSSR count). The lowest BCUT2D eigenvalue weighted by Crippen LogP contribution is -2.66. The molecule has 4 atom stereocenters. The van der Waals surface area contributed by atoms with Crippen LogP contribution in [0.1, 0.15) is 132 Å². The van der Waals surface area contributed by atoms with Gasteiger partial charge in [0.15, 0.2) is 17.3 Å². The SMILES string of the molecule is C/C=C/C=C/C(=O)C(C)C.CC(C)C(=O)/C=C/C(=O)O.CC1=C(OC(C)C)C(C)(OC(C)C)C(C(C)(C(=O)OC(C)C)C(C)C)C(C)(C(C)C)C1=O. The summed E-state index contributed by atoms with van der Waals surface area (Å²) < 4.78 is 18.8. The van der Waals surface area contributed by atoms with Crippen molar-refractivity contribution in [2.75, 3.05) is 0 Å². The second-order valence-electron chi connectivity index (χ2n) is 16.2. The zero-order valence-corrected chi connectivity index (χ0v) is 35.8. The molecule has 0 saturated carbocycles. The Bertz CT molecular complexity index is 1330. The van der Waals surface area contributed by atoms with Gasteiger partial charge >= 0.3 is 11.9 Å². The lowest BCUT2D eigenvalue weighted by Gasteiger charge is -2.59. The first-order valence-corrected chi connectivity index (χ1v) is 18.7. The highest BCUT2D eigenvalue weighted by molar-refractivity contribution is 6.02. The van der Waals surface area contributed by atoms with Gasteiger partial charge in [0, 0.05) is 34.8 Å². The molecular weight excluding hydrogens is 660 g/mol. The molecular formula is C43H72O9. The Hall–Kier alpha value is -3.33. The van der Waals surface area contributed by atoms with Crippen molar-refractivity contribution in [1.82, 2.24) is 0 Å². The van der Waals surface area contributed by atoms with E-state index in [2.05, 4.69) is 13.8 Å². The van der Waals surface area contributed by atoms with E-state index in [9.17, 15) is 24.0 Å². The number of esters is 1. The van der Waals surface area contributed by atoms with E-state index >= 15 is 0 Å². The summed E-state index contributed by atoms with van der Waals surface area (Å²) in [5.74, 6) is -1.46. The molecule has 0 spiro atoms. The fourth-order valence-electron chi connectivity index (χ4n) is 6.38. The quantitative estimate of drug-likeness (QED) is 0.0993. The topological polar surface area (TPSA) is 133 Å². The Labute approximate surface area is 315 Å². The maximum absolute atomic E-state index is 14.0. The molecule has 9 nitrogen and oxygen atoms in total. The molecule has 1 aliphatic carbocycles. The maximum Gasteiger partial charge on any atom is 0.328 e. The largest absolute Gasteiger partial charge is 0.492 e. The molecule has 1 N–H and O–H groups in total. The molecule has 0 fully saturated rings. The van der Waals surface area contributed by atoms with Gasteiger partial charge in [-0.1, -0.05) is 80.5 Å². The summed E-state index contributed by atoms with van der Waals surface area (Å²) in [7, 11) is 0. The van der Waals surface area contributed by atoms with E-state index in [1.54, 1.807) is 26.0 Å². The molecule has 0 aliphatic heterocycles. The van der Waals surface area contributed by atoms with Crippen LogP contribution in [0.5, 0.6) is 0 Å². The average Bonchev–Trinajstić information content (AvgIpc) is 3.00. The number of hydrogen-bond donors (Lipinski definition) is 1. The summed E-state index contributed by atoms with van der Waals surface area (Å²) in [5, 5.41) is 8.11. The molecule has 0 amide bonds. The molecule has 0 heterocycles. The van der Waals surface area contributed by atoms with Crippen LogP contribution in [-0.4, -0.2) is 58.3 Å². The van der Waals surface area contributed by atoms with Crippen LogP contribution >= 0.6 is 0 Å². The summed E-state index contributed by atoms with van der Waals surface area (Å²) in [4.78, 5) is 59.3. The van der Waals surface area contributed by atoms with E-state index in [1.807, 2.05) is 116 Å². The summed E-state index contributed by atoms with van der Waals surface area (Å²) in [5.41, 5.74) is -2.26. The Balaban J connectivity index is 0. The zero-order valence-electron chi connectivity index (χ0n) is 35.8. The highest BCUT2D eigenvalue weighted by atomic mass is 16.6. The number of carbonyl (C=O) groups excluding carboxylic acids is 4. The van der Waals surface area contributed by atoms with Crippen molar-refractivity contribution in [3.05, 3.63) is 47.8 Å². The molecule has 4 unspecified atom stereocenters. The van der Waals surface area contributed by atoms with Gasteiger partial charge in [0.25, 0.3) is 0 Å². The van der Waals surface area contributed by atoms with E-state index in [0.717, 1.165) is 12.2 Å². The van der Waals surface area contributed by atoms with Crippen molar-refractivity contribution < 1.29 is 43.3 Å². The first kappa shape index (κ1) is 50.8. The third-order valence-electron chi connectivity index (χ3n) is 9.48. The maximum atomic E-state index is 14.0. The van der Waals surface area contributed by atoms with E-state index in [0.29, 0.717) is 11.3 Å². The molecule has 0 saturated heterocycles. The minimum Gasteiger partial charge on any atom is -0.492 e. The van der Waals surface area contributed by atoms with Crippen LogP contribution in [0.15, 0.2) is 47.8 Å². The summed E-state index contributed by atoms with van der Waals surface area (Å²) in [6.45, 7) is 36.6. The van der Waals surface area contributed by atoms with Gasteiger partial charge in [-0.2, -0.15) is 0 Å². The highest BCUT2D eigenvalue weighted by Crippen LogP contribution is 2.61. The Morgan fingerprint density at radius 2 is 1.23 bits per heavy atom. The van der Waals surface area contributed by atoms with Crippen LogP contribution in [0.2, 0.25) is 0 Å². The molecule has 1 aliphatic rings. The third-order valence-corrected chi connectivity index (χ3v) is 9.48. The second kappa shape index (κ2) is 22.0. The van der Waals surface area contributed by atoms with Crippen molar-refractivity contribution in [1.29, 1.82) is 0 Å². The fraction of sp³-hybridized carbons (Fsp3) is 0.698. The minimum absolute atomic E-state index is 0.0159. The van der Waals surface area contributed by atoms with E-state index in [1.165, 1.54) is 0 Å². The summed E-state index contributed by atoms with van der Waals surface area (Å²) >= 11 is 0. The summed E-state index contributed by atoms with van der Waals surface area (Å²) in [6, 6.07) is 0. The van der Waals surface area contributed by atoms with Gasteiger partial charge in [-0.3, -0.25) is 19.2 Å². The van der Waals surface area contributed by atoms with Gasteiger partial charge in [-0.25, -0.2) is 4.79 Å². The normalized spacial score (nSPS) is 22.1. The van der Waals surface area contributed by atoms with Crippen LogP contribution < -0.4 is 0 Å². The van der Waals surface area contributed by atoms with Crippen molar-refractivity contribution in [3.63, 3.8) is 0 Å². The zero-order chi connectivity index (χ0) is 41.5. The van der Waals surface area contributed by atoms with Crippen LogP contribution in [-0.2, 0) is 38.2 Å². The molecule has 0 bridgehead atoms. The predicted molar refractivity (Wildman–Crippen MR) is 210 cm³/mol. The number of hydrogen-bond acceptors (Lipinski definition) is 8. The standard InChI is InChI=1S/C27H48O5.C9H14O.C7H10O3/c1-15(2)25(12)21(28)20(11)22(30-17(5)6)27(14,32-19(9)10)23(25)26(13,16(3)4)24(29)31-18(7)8;1-4-5-6-7-9(10)8(2)3;1-5(2)6(8)3-4-7(9)10/h15-19,23H,1-14H3;4-8H,1-3H3;3-5H,1-2H3,(H,9,10)/b;5-4+,7-6+;4-3+. The number of rotatable bonds is 15. The van der Waals surface area contributed by atoms with Crippen molar-refractivity contribution >= 4 is 29.3 Å². The Morgan fingerprint density at radius 1 is 0.750 bits per heavy atom. The molecule has 0 radical (unpaired) electrons. The molecule has 52 heavy (non-hydrogen) atoms. The number of allylic oxidation sites excluding steroid dienone is 6. The smallest absolute Gasteiger partial charge is 0.328 e. The van der Waals surface area contributed by atoms with Crippen LogP contribution in [0.25, 0.3) is 0 Å². The third kappa shape index (κ3) is 13.9. The number of ketones is 3.